The molecule has 0 spiro atoms. The highest BCUT2D eigenvalue weighted by Gasteiger charge is 2.03. The summed E-state index contributed by atoms with van der Waals surface area (Å²) >= 11 is 0. The molecule has 0 unspecified atom stereocenters. The van der Waals surface area contributed by atoms with Gasteiger partial charge < -0.3 is 9.47 Å². The van der Waals surface area contributed by atoms with Crippen LogP contribution in [0.25, 0.3) is 0 Å². The third-order valence-electron chi connectivity index (χ3n) is 7.69. The van der Waals surface area contributed by atoms with Crippen molar-refractivity contribution in [3.63, 3.8) is 0 Å². The maximum atomic E-state index is 11.8. The lowest BCUT2D eigenvalue weighted by Gasteiger charge is -2.05. The van der Waals surface area contributed by atoms with E-state index >= 15 is 0 Å². The second-order valence-corrected chi connectivity index (χ2v) is 11.8. The van der Waals surface area contributed by atoms with Crippen molar-refractivity contribution in [1.82, 2.24) is 0 Å². The lowest BCUT2D eigenvalue weighted by Crippen LogP contribution is -2.05. The van der Waals surface area contributed by atoms with E-state index in [9.17, 15) is 9.59 Å². The smallest absolute Gasteiger partial charge is 0.305 e. The van der Waals surface area contributed by atoms with Crippen LogP contribution >= 0.6 is 0 Å². The molecule has 0 aliphatic carbocycles. The number of ether oxygens (including phenoxy) is 2. The van der Waals surface area contributed by atoms with Crippen molar-refractivity contribution in [2.45, 2.75) is 194 Å². The van der Waals surface area contributed by atoms with E-state index in [1.807, 2.05) is 0 Å². The van der Waals surface area contributed by atoms with Crippen molar-refractivity contribution in [3.05, 3.63) is 12.2 Å². The lowest BCUT2D eigenvalue weighted by atomic mass is 10.1. The summed E-state index contributed by atoms with van der Waals surface area (Å²) in [6.45, 7) is 5.68. The van der Waals surface area contributed by atoms with Gasteiger partial charge in [-0.3, -0.25) is 9.59 Å². The van der Waals surface area contributed by atoms with Gasteiger partial charge in [0.1, 0.15) is 0 Å². The number of unbranched alkanes of at least 4 members (excludes halogenated alkanes) is 22. The van der Waals surface area contributed by atoms with E-state index in [2.05, 4.69) is 26.0 Å². The van der Waals surface area contributed by atoms with Gasteiger partial charge in [-0.25, -0.2) is 0 Å². The summed E-state index contributed by atoms with van der Waals surface area (Å²) in [6, 6.07) is 0. The Hall–Kier alpha value is -1.32. The van der Waals surface area contributed by atoms with Crippen LogP contribution in [-0.2, 0) is 19.1 Å². The van der Waals surface area contributed by atoms with Gasteiger partial charge in [0.2, 0.25) is 0 Å². The first-order chi connectivity index (χ1) is 19.7. The largest absolute Gasteiger partial charge is 0.466 e. The third-order valence-corrected chi connectivity index (χ3v) is 7.69. The van der Waals surface area contributed by atoms with Crippen LogP contribution < -0.4 is 0 Å². The second-order valence-electron chi connectivity index (χ2n) is 11.8. The average Bonchev–Trinajstić information content (AvgIpc) is 2.95. The number of carbonyl (C=O) groups is 2. The number of hydrogen-bond donors (Lipinski definition) is 0. The van der Waals surface area contributed by atoms with Gasteiger partial charge >= 0.3 is 11.9 Å². The Bertz CT molecular complexity index is 557. The lowest BCUT2D eigenvalue weighted by molar-refractivity contribution is -0.144. The Labute approximate surface area is 249 Å². The van der Waals surface area contributed by atoms with Gasteiger partial charge in [0.05, 0.1) is 13.2 Å². The first-order valence-electron chi connectivity index (χ1n) is 17.7. The molecule has 0 saturated carbocycles. The molecule has 0 bridgehead atoms. The van der Waals surface area contributed by atoms with Crippen LogP contribution in [0.3, 0.4) is 0 Å². The molecule has 40 heavy (non-hydrogen) atoms. The monoisotopic (exact) mass is 565 g/mol. The molecule has 236 valence electrons. The molecule has 0 heterocycles. The van der Waals surface area contributed by atoms with Crippen LogP contribution in [-0.4, -0.2) is 25.2 Å². The molecule has 0 aromatic rings. The molecule has 0 saturated heterocycles. The zero-order valence-electron chi connectivity index (χ0n) is 27.0. The van der Waals surface area contributed by atoms with Crippen molar-refractivity contribution >= 4 is 11.9 Å². The highest BCUT2D eigenvalue weighted by atomic mass is 16.5. The minimum absolute atomic E-state index is 0.00227. The van der Waals surface area contributed by atoms with E-state index < -0.39 is 0 Å². The molecule has 0 amide bonds. The van der Waals surface area contributed by atoms with Crippen molar-refractivity contribution in [2.24, 2.45) is 0 Å². The second kappa shape index (κ2) is 33.9. The Morgan fingerprint density at radius 2 is 0.700 bits per heavy atom. The van der Waals surface area contributed by atoms with Crippen LogP contribution in [0.1, 0.15) is 194 Å². The van der Waals surface area contributed by atoms with E-state index in [0.717, 1.165) is 44.9 Å². The minimum Gasteiger partial charge on any atom is -0.466 e. The molecule has 0 aromatic heterocycles. The molecular weight excluding hydrogens is 496 g/mol. The summed E-state index contributed by atoms with van der Waals surface area (Å²) in [5, 5.41) is 0. The highest BCUT2D eigenvalue weighted by molar-refractivity contribution is 5.69. The quantitative estimate of drug-likeness (QED) is 0.0463. The normalized spacial score (nSPS) is 11.3. The summed E-state index contributed by atoms with van der Waals surface area (Å²) in [4.78, 5) is 23.6. The molecular formula is C36H68O4. The SMILES string of the molecule is CCCCCCCCOC(=O)CCCCCC/C=C/CCCCCCCCCCC(=O)OCCCCCCCC. The maximum absolute atomic E-state index is 11.8. The van der Waals surface area contributed by atoms with Gasteiger partial charge in [0.25, 0.3) is 0 Å². The Balaban J connectivity index is 3.25. The third kappa shape index (κ3) is 32.9. The zero-order chi connectivity index (χ0) is 29.2. The molecule has 0 aliphatic heterocycles. The van der Waals surface area contributed by atoms with Crippen molar-refractivity contribution in [1.29, 1.82) is 0 Å². The highest BCUT2D eigenvalue weighted by Crippen LogP contribution is 2.13. The van der Waals surface area contributed by atoms with Gasteiger partial charge in [-0.15, -0.1) is 0 Å². The first kappa shape index (κ1) is 38.7. The molecule has 0 atom stereocenters. The molecule has 4 heteroatoms. The molecule has 0 fully saturated rings. The van der Waals surface area contributed by atoms with Gasteiger partial charge in [0.15, 0.2) is 0 Å². The summed E-state index contributed by atoms with van der Waals surface area (Å²) < 4.78 is 10.7. The predicted octanol–water partition coefficient (Wildman–Crippen LogP) is 11.6. The number of esters is 2. The van der Waals surface area contributed by atoms with Crippen LogP contribution in [0.4, 0.5) is 0 Å². The summed E-state index contributed by atoms with van der Waals surface area (Å²) in [7, 11) is 0. The molecule has 0 aliphatic rings. The van der Waals surface area contributed by atoms with Crippen molar-refractivity contribution in [2.75, 3.05) is 13.2 Å². The van der Waals surface area contributed by atoms with E-state index in [0.29, 0.717) is 26.1 Å². The van der Waals surface area contributed by atoms with Gasteiger partial charge in [-0.1, -0.05) is 142 Å². The molecule has 0 aromatic carbocycles. The standard InChI is InChI=1S/C36H68O4/c1-3-5-7-9-25-29-33-39-35(37)31-27-23-21-19-17-15-13-11-12-14-16-18-20-22-24-28-32-36(38)40-34-30-26-10-8-6-4-2/h13,15H,3-12,14,16-34H2,1-2H3/b15-13+. The zero-order valence-corrected chi connectivity index (χ0v) is 27.0. The van der Waals surface area contributed by atoms with E-state index in [4.69, 9.17) is 9.47 Å². The van der Waals surface area contributed by atoms with E-state index in [-0.39, 0.29) is 11.9 Å². The van der Waals surface area contributed by atoms with Crippen molar-refractivity contribution in [3.8, 4) is 0 Å². The van der Waals surface area contributed by atoms with Gasteiger partial charge in [-0.2, -0.15) is 0 Å². The Kier molecular flexibility index (Phi) is 32.8. The van der Waals surface area contributed by atoms with Gasteiger partial charge in [0, 0.05) is 12.8 Å². The van der Waals surface area contributed by atoms with Crippen LogP contribution in [0.15, 0.2) is 12.2 Å². The van der Waals surface area contributed by atoms with E-state index in [1.165, 1.54) is 122 Å². The van der Waals surface area contributed by atoms with E-state index in [1.54, 1.807) is 0 Å². The number of rotatable bonds is 32. The number of allylic oxidation sites excluding steroid dienone is 2. The Morgan fingerprint density at radius 3 is 1.07 bits per heavy atom. The van der Waals surface area contributed by atoms with Crippen LogP contribution in [0, 0.1) is 0 Å². The topological polar surface area (TPSA) is 52.6 Å². The Morgan fingerprint density at radius 1 is 0.400 bits per heavy atom. The van der Waals surface area contributed by atoms with Gasteiger partial charge in [-0.05, 0) is 51.4 Å². The summed E-state index contributed by atoms with van der Waals surface area (Å²) in [6.07, 6.45) is 37.4. The minimum atomic E-state index is -0.00982. The van der Waals surface area contributed by atoms with Crippen LogP contribution in [0.2, 0.25) is 0 Å². The number of hydrogen-bond acceptors (Lipinski definition) is 4. The fourth-order valence-corrected chi connectivity index (χ4v) is 4.99. The molecule has 0 rings (SSSR count). The van der Waals surface area contributed by atoms with Crippen LogP contribution in [0.5, 0.6) is 0 Å². The molecule has 0 radical (unpaired) electrons. The predicted molar refractivity (Wildman–Crippen MR) is 172 cm³/mol. The molecule has 4 nitrogen and oxygen atoms in total. The summed E-state index contributed by atoms with van der Waals surface area (Å²) in [5.74, 6) is -0.0121. The van der Waals surface area contributed by atoms with Crippen molar-refractivity contribution < 1.29 is 19.1 Å². The molecule has 0 N–H and O–H groups in total. The number of carbonyl (C=O) groups excluding carboxylic acids is 2. The fourth-order valence-electron chi connectivity index (χ4n) is 4.99. The average molecular weight is 565 g/mol. The summed E-state index contributed by atoms with van der Waals surface area (Å²) in [5.41, 5.74) is 0. The fraction of sp³-hybridized carbons (Fsp3) is 0.889. The first-order valence-corrected chi connectivity index (χ1v) is 17.7. The maximum Gasteiger partial charge on any atom is 0.305 e.